The number of aromatic nitrogens is 3. The van der Waals surface area contributed by atoms with Crippen LogP contribution in [0.15, 0.2) is 64.5 Å². The summed E-state index contributed by atoms with van der Waals surface area (Å²) >= 11 is 1.48. The zero-order valence-electron chi connectivity index (χ0n) is 15.7. The van der Waals surface area contributed by atoms with Crippen molar-refractivity contribution in [3.8, 4) is 10.7 Å². The van der Waals surface area contributed by atoms with Gasteiger partial charge in [-0.15, -0.1) is 11.3 Å². The van der Waals surface area contributed by atoms with E-state index in [1.54, 1.807) is 4.68 Å². The fourth-order valence-corrected chi connectivity index (χ4v) is 4.07. The molecule has 0 aliphatic heterocycles. The lowest BCUT2D eigenvalue weighted by Gasteiger charge is -2.00. The van der Waals surface area contributed by atoms with Crippen molar-refractivity contribution in [2.75, 3.05) is 0 Å². The normalized spacial score (nSPS) is 11.3. The van der Waals surface area contributed by atoms with Crippen LogP contribution in [0, 0.1) is 0 Å². The summed E-state index contributed by atoms with van der Waals surface area (Å²) in [5.41, 5.74) is 2.29. The Hall–Kier alpha value is -3.45. The first kappa shape index (κ1) is 17.6. The minimum absolute atomic E-state index is 0.0836. The van der Waals surface area contributed by atoms with Crippen molar-refractivity contribution >= 4 is 39.0 Å². The van der Waals surface area contributed by atoms with Crippen molar-refractivity contribution in [3.63, 3.8) is 0 Å². The summed E-state index contributed by atoms with van der Waals surface area (Å²) in [7, 11) is 1.86. The molecule has 3 aromatic heterocycles. The van der Waals surface area contributed by atoms with Crippen LogP contribution in [0.1, 0.15) is 11.5 Å². The molecule has 3 heterocycles. The number of nitrogens with zero attached hydrogens (tertiary/aromatic N) is 3. The third-order valence-corrected chi connectivity index (χ3v) is 5.57. The minimum Gasteiger partial charge on any atom is -0.460 e. The molecule has 2 aromatic carbocycles. The van der Waals surface area contributed by atoms with Crippen LogP contribution < -0.4 is 0 Å². The Kier molecular flexibility index (Phi) is 4.37. The quantitative estimate of drug-likeness (QED) is 0.397. The average Bonchev–Trinajstić information content (AvgIpc) is 3.45. The van der Waals surface area contributed by atoms with E-state index in [2.05, 4.69) is 22.2 Å². The molecule has 0 aliphatic carbocycles. The average molecular weight is 403 g/mol. The van der Waals surface area contributed by atoms with E-state index in [1.165, 1.54) is 11.3 Å². The summed E-state index contributed by atoms with van der Waals surface area (Å²) in [6.07, 6.45) is 1.95. The molecule has 0 N–H and O–H groups in total. The van der Waals surface area contributed by atoms with Crippen LogP contribution >= 0.6 is 11.3 Å². The van der Waals surface area contributed by atoms with Crippen molar-refractivity contribution in [2.24, 2.45) is 7.05 Å². The van der Waals surface area contributed by atoms with E-state index in [4.69, 9.17) is 9.15 Å². The number of hydrogen-bond acceptors (Lipinski definition) is 6. The standard InChI is InChI=1S/C22H17N3O3S/c1-25-9-8-19(24-25)22-23-15(13-29-22)12-27-21(26)11-16-10-18-17-5-3-2-4-14(17)6-7-20(18)28-16/h2-10,13H,11-12H2,1H3. The van der Waals surface area contributed by atoms with Crippen LogP contribution in [0.2, 0.25) is 0 Å². The largest absolute Gasteiger partial charge is 0.460 e. The van der Waals surface area contributed by atoms with E-state index in [1.807, 2.05) is 55.0 Å². The maximum atomic E-state index is 12.3. The molecule has 5 rings (SSSR count). The molecule has 6 nitrogen and oxygen atoms in total. The molecule has 0 bridgehead atoms. The molecule has 7 heteroatoms. The van der Waals surface area contributed by atoms with Crippen molar-refractivity contribution in [3.05, 3.63) is 71.6 Å². The second-order valence-corrected chi connectivity index (χ2v) is 7.63. The molecule has 0 saturated carbocycles. The molecule has 0 spiro atoms. The molecule has 0 atom stereocenters. The van der Waals surface area contributed by atoms with E-state index >= 15 is 0 Å². The first-order valence-corrected chi connectivity index (χ1v) is 10.0. The lowest BCUT2D eigenvalue weighted by molar-refractivity contribution is -0.144. The number of thiazole rings is 1. The van der Waals surface area contributed by atoms with Gasteiger partial charge in [-0.1, -0.05) is 30.3 Å². The number of ether oxygens (including phenoxy) is 1. The van der Waals surface area contributed by atoms with Gasteiger partial charge < -0.3 is 9.15 Å². The molecule has 29 heavy (non-hydrogen) atoms. The zero-order valence-corrected chi connectivity index (χ0v) is 16.5. The van der Waals surface area contributed by atoms with Gasteiger partial charge in [-0.2, -0.15) is 5.10 Å². The van der Waals surface area contributed by atoms with Gasteiger partial charge in [-0.25, -0.2) is 4.98 Å². The number of fused-ring (bicyclic) bond motifs is 3. The summed E-state index contributed by atoms with van der Waals surface area (Å²) < 4.78 is 13.0. The summed E-state index contributed by atoms with van der Waals surface area (Å²) in [5, 5.41) is 10.3. The molecular formula is C22H17N3O3S. The number of esters is 1. The van der Waals surface area contributed by atoms with E-state index in [-0.39, 0.29) is 19.0 Å². The summed E-state index contributed by atoms with van der Waals surface area (Å²) in [4.78, 5) is 16.8. The van der Waals surface area contributed by atoms with Crippen molar-refractivity contribution in [1.82, 2.24) is 14.8 Å². The second kappa shape index (κ2) is 7.18. The van der Waals surface area contributed by atoms with Gasteiger partial charge in [0.15, 0.2) is 0 Å². The fraction of sp³-hybridized carbons (Fsp3) is 0.136. The van der Waals surface area contributed by atoms with Gasteiger partial charge >= 0.3 is 5.97 Å². The third-order valence-electron chi connectivity index (χ3n) is 4.66. The van der Waals surface area contributed by atoms with E-state index in [0.29, 0.717) is 11.5 Å². The number of benzene rings is 2. The highest BCUT2D eigenvalue weighted by Crippen LogP contribution is 2.28. The van der Waals surface area contributed by atoms with Crippen LogP contribution in [-0.4, -0.2) is 20.7 Å². The van der Waals surface area contributed by atoms with Gasteiger partial charge in [0.2, 0.25) is 0 Å². The highest BCUT2D eigenvalue weighted by Gasteiger charge is 2.13. The topological polar surface area (TPSA) is 70.2 Å². The molecular weight excluding hydrogens is 386 g/mol. The highest BCUT2D eigenvalue weighted by atomic mass is 32.1. The Morgan fingerprint density at radius 1 is 1.17 bits per heavy atom. The number of rotatable bonds is 5. The minimum atomic E-state index is -0.347. The lowest BCUT2D eigenvalue weighted by atomic mass is 10.1. The Labute approximate surface area is 170 Å². The SMILES string of the molecule is Cn1ccc(-c2nc(COC(=O)Cc3cc4c(ccc5ccccc54)o3)cs2)n1. The number of furan rings is 1. The third kappa shape index (κ3) is 3.52. The Morgan fingerprint density at radius 2 is 2.07 bits per heavy atom. The van der Waals surface area contributed by atoms with Crippen LogP contribution in [0.3, 0.4) is 0 Å². The lowest BCUT2D eigenvalue weighted by Crippen LogP contribution is -2.07. The Balaban J connectivity index is 1.26. The molecule has 0 amide bonds. The Morgan fingerprint density at radius 3 is 2.93 bits per heavy atom. The maximum absolute atomic E-state index is 12.3. The molecule has 0 aliphatic rings. The van der Waals surface area contributed by atoms with E-state index < -0.39 is 0 Å². The van der Waals surface area contributed by atoms with Crippen LogP contribution in [0.4, 0.5) is 0 Å². The summed E-state index contributed by atoms with van der Waals surface area (Å²) in [6.45, 7) is 0.130. The second-order valence-electron chi connectivity index (χ2n) is 6.77. The predicted molar refractivity (Wildman–Crippen MR) is 112 cm³/mol. The summed E-state index contributed by atoms with van der Waals surface area (Å²) in [6, 6.07) is 15.9. The molecule has 144 valence electrons. The van der Waals surface area contributed by atoms with E-state index in [9.17, 15) is 4.79 Å². The molecule has 0 unspecified atom stereocenters. The first-order chi connectivity index (χ1) is 14.2. The maximum Gasteiger partial charge on any atom is 0.313 e. The van der Waals surface area contributed by atoms with E-state index in [0.717, 1.165) is 32.4 Å². The molecule has 0 fully saturated rings. The van der Waals surface area contributed by atoms with Crippen molar-refractivity contribution in [1.29, 1.82) is 0 Å². The van der Waals surface area contributed by atoms with Gasteiger partial charge in [0.05, 0.1) is 5.69 Å². The van der Waals surface area contributed by atoms with Crippen LogP contribution in [-0.2, 0) is 29.6 Å². The van der Waals surface area contributed by atoms with Crippen molar-refractivity contribution < 1.29 is 13.9 Å². The van der Waals surface area contributed by atoms with Gasteiger partial charge in [0.25, 0.3) is 0 Å². The highest BCUT2D eigenvalue weighted by molar-refractivity contribution is 7.13. The number of aryl methyl sites for hydroxylation is 1. The van der Waals surface area contributed by atoms with Crippen LogP contribution in [0.5, 0.6) is 0 Å². The zero-order chi connectivity index (χ0) is 19.8. The molecule has 0 radical (unpaired) electrons. The number of hydrogen-bond donors (Lipinski definition) is 0. The summed E-state index contributed by atoms with van der Waals surface area (Å²) in [5.74, 6) is 0.245. The molecule has 0 saturated heterocycles. The predicted octanol–water partition coefficient (Wildman–Crippen LogP) is 4.73. The van der Waals surface area contributed by atoms with Gasteiger partial charge in [0, 0.05) is 24.0 Å². The number of carbonyl (C=O) groups excluding carboxylic acids is 1. The monoisotopic (exact) mass is 403 g/mol. The Bertz CT molecular complexity index is 1330. The van der Waals surface area contributed by atoms with Crippen molar-refractivity contribution in [2.45, 2.75) is 13.0 Å². The smallest absolute Gasteiger partial charge is 0.313 e. The number of carbonyl (C=O) groups is 1. The van der Waals surface area contributed by atoms with Crippen LogP contribution in [0.25, 0.3) is 32.4 Å². The van der Waals surface area contributed by atoms with Gasteiger partial charge in [0.1, 0.15) is 35.1 Å². The molecule has 5 aromatic rings. The fourth-order valence-electron chi connectivity index (χ4n) is 3.30. The van der Waals surface area contributed by atoms with Gasteiger partial charge in [-0.05, 0) is 29.0 Å². The van der Waals surface area contributed by atoms with Gasteiger partial charge in [-0.3, -0.25) is 9.48 Å². The first-order valence-electron chi connectivity index (χ1n) is 9.16.